The van der Waals surface area contributed by atoms with Crippen LogP contribution >= 0.6 is 11.6 Å². The summed E-state index contributed by atoms with van der Waals surface area (Å²) in [4.78, 5) is 27.0. The highest BCUT2D eigenvalue weighted by Crippen LogP contribution is 2.26. The van der Waals surface area contributed by atoms with E-state index in [9.17, 15) is 4.79 Å². The minimum Gasteiger partial charge on any atom is -0.464 e. The molecular weight excluding hydrogens is 428 g/mol. The molecule has 0 aliphatic rings. The van der Waals surface area contributed by atoms with Crippen LogP contribution in [0.15, 0.2) is 72.2 Å². The van der Waals surface area contributed by atoms with E-state index in [0.29, 0.717) is 30.0 Å². The maximum absolute atomic E-state index is 12.3. The third-order valence-corrected chi connectivity index (χ3v) is 5.20. The Bertz CT molecular complexity index is 1240. The van der Waals surface area contributed by atoms with Gasteiger partial charge in [0.1, 0.15) is 17.8 Å². The average Bonchev–Trinajstić information content (AvgIpc) is 2.80. The van der Waals surface area contributed by atoms with E-state index in [0.717, 1.165) is 28.2 Å². The highest BCUT2D eigenvalue weighted by molar-refractivity contribution is 6.31. The maximum atomic E-state index is 12.3. The number of benzene rings is 2. The normalized spacial score (nSPS) is 10.7. The van der Waals surface area contributed by atoms with Gasteiger partial charge in [-0.05, 0) is 53.9 Å². The maximum Gasteiger partial charge on any atom is 0.296 e. The van der Waals surface area contributed by atoms with Gasteiger partial charge in [-0.1, -0.05) is 23.7 Å². The molecule has 0 amide bonds. The molecule has 2 heterocycles. The molecule has 0 saturated carbocycles. The van der Waals surface area contributed by atoms with E-state index >= 15 is 0 Å². The summed E-state index contributed by atoms with van der Waals surface area (Å²) in [6.45, 7) is 2.32. The molecule has 0 radical (unpaired) electrons. The number of rotatable bonds is 8. The molecule has 162 valence electrons. The van der Waals surface area contributed by atoms with Gasteiger partial charge >= 0.3 is 0 Å². The van der Waals surface area contributed by atoms with Gasteiger partial charge in [0.15, 0.2) is 0 Å². The fourth-order valence-corrected chi connectivity index (χ4v) is 3.17. The van der Waals surface area contributed by atoms with Crippen LogP contribution in [0.2, 0.25) is 5.02 Å². The summed E-state index contributed by atoms with van der Waals surface area (Å²) in [5.74, 6) is 1.48. The van der Waals surface area contributed by atoms with Crippen LogP contribution in [0.25, 0.3) is 0 Å². The highest BCUT2D eigenvalue weighted by Gasteiger charge is 2.06. The van der Waals surface area contributed by atoms with E-state index in [1.807, 2.05) is 49.4 Å². The number of hydrogen-bond acceptors (Lipinski definition) is 6. The fraction of sp³-hybridized carbons (Fsp3) is 0.167. The van der Waals surface area contributed by atoms with Crippen LogP contribution < -0.4 is 15.0 Å². The summed E-state index contributed by atoms with van der Waals surface area (Å²) in [6, 6.07) is 13.5. The Balaban J connectivity index is 1.29. The molecule has 0 atom stereocenters. The zero-order chi connectivity index (χ0) is 22.3. The highest BCUT2D eigenvalue weighted by atomic mass is 35.5. The summed E-state index contributed by atoms with van der Waals surface area (Å²) in [6.07, 6.45) is 7.38. The lowest BCUT2D eigenvalue weighted by atomic mass is 10.1. The molecule has 2 aromatic heterocycles. The van der Waals surface area contributed by atoms with E-state index in [4.69, 9.17) is 21.1 Å². The van der Waals surface area contributed by atoms with Gasteiger partial charge in [0, 0.05) is 42.0 Å². The predicted molar refractivity (Wildman–Crippen MR) is 122 cm³/mol. The molecule has 1 N–H and O–H groups in total. The molecule has 8 heteroatoms. The quantitative estimate of drug-likeness (QED) is 0.426. The van der Waals surface area contributed by atoms with E-state index in [1.54, 1.807) is 12.4 Å². The van der Waals surface area contributed by atoms with Crippen molar-refractivity contribution in [3.63, 3.8) is 0 Å². The van der Waals surface area contributed by atoms with Gasteiger partial charge in [-0.15, -0.1) is 0 Å². The van der Waals surface area contributed by atoms with Crippen LogP contribution in [0.4, 0.5) is 0 Å². The van der Waals surface area contributed by atoms with Crippen LogP contribution in [0, 0.1) is 6.92 Å². The smallest absolute Gasteiger partial charge is 0.296 e. The lowest BCUT2D eigenvalue weighted by Gasteiger charge is -2.09. The number of aromatic nitrogens is 4. The summed E-state index contributed by atoms with van der Waals surface area (Å²) in [5.41, 5.74) is 3.17. The van der Waals surface area contributed by atoms with E-state index in [2.05, 4.69) is 19.9 Å². The van der Waals surface area contributed by atoms with Crippen molar-refractivity contribution < 1.29 is 9.47 Å². The minimum atomic E-state index is -0.238. The first-order valence-corrected chi connectivity index (χ1v) is 10.4. The molecule has 2 aromatic carbocycles. The Morgan fingerprint density at radius 1 is 0.969 bits per heavy atom. The van der Waals surface area contributed by atoms with Crippen molar-refractivity contribution in [3.8, 4) is 17.5 Å². The number of hydrogen-bond donors (Lipinski definition) is 1. The number of H-pyrrole nitrogens is 1. The van der Waals surface area contributed by atoms with Crippen molar-refractivity contribution >= 4 is 11.6 Å². The van der Waals surface area contributed by atoms with Crippen molar-refractivity contribution in [1.82, 2.24) is 19.9 Å². The Morgan fingerprint density at radius 2 is 1.72 bits per heavy atom. The molecular formula is C24H21ClN4O3. The third-order valence-electron chi connectivity index (χ3n) is 4.78. The minimum absolute atomic E-state index is 0.195. The second-order valence-electron chi connectivity index (χ2n) is 7.22. The van der Waals surface area contributed by atoms with Crippen molar-refractivity contribution in [2.75, 3.05) is 6.61 Å². The van der Waals surface area contributed by atoms with Gasteiger partial charge in [-0.25, -0.2) is 15.0 Å². The van der Waals surface area contributed by atoms with Gasteiger partial charge in [-0.3, -0.25) is 9.78 Å². The van der Waals surface area contributed by atoms with E-state index < -0.39 is 0 Å². The second-order valence-corrected chi connectivity index (χ2v) is 7.63. The van der Waals surface area contributed by atoms with Crippen molar-refractivity contribution in [1.29, 1.82) is 0 Å². The van der Waals surface area contributed by atoms with Crippen LogP contribution in [-0.4, -0.2) is 26.5 Å². The number of nitrogens with one attached hydrogen (secondary N) is 1. The third kappa shape index (κ3) is 5.70. The summed E-state index contributed by atoms with van der Waals surface area (Å²) >= 11 is 6.05. The van der Waals surface area contributed by atoms with Crippen LogP contribution in [-0.2, 0) is 12.8 Å². The number of aromatic amines is 1. The summed E-state index contributed by atoms with van der Waals surface area (Å²) in [7, 11) is 0. The molecule has 0 unspecified atom stereocenters. The lowest BCUT2D eigenvalue weighted by molar-refractivity contribution is 0.295. The molecule has 4 rings (SSSR count). The van der Waals surface area contributed by atoms with Crippen molar-refractivity contribution in [3.05, 3.63) is 105 Å². The van der Waals surface area contributed by atoms with E-state index in [1.165, 1.54) is 12.5 Å². The lowest BCUT2D eigenvalue weighted by Crippen LogP contribution is -2.16. The van der Waals surface area contributed by atoms with Gasteiger partial charge in [0.05, 0.1) is 6.61 Å². The largest absolute Gasteiger partial charge is 0.464 e. The number of halogens is 1. The molecule has 7 nitrogen and oxygen atoms in total. The topological polar surface area (TPSA) is 90.0 Å². The summed E-state index contributed by atoms with van der Waals surface area (Å²) in [5, 5.41) is 0.712. The monoisotopic (exact) mass is 448 g/mol. The van der Waals surface area contributed by atoms with Gasteiger partial charge < -0.3 is 9.47 Å². The zero-order valence-corrected chi connectivity index (χ0v) is 18.2. The molecule has 4 aromatic rings. The van der Waals surface area contributed by atoms with Crippen LogP contribution in [0.3, 0.4) is 0 Å². The fourth-order valence-electron chi connectivity index (χ4n) is 3.05. The molecule has 0 bridgehead atoms. The Labute approximate surface area is 190 Å². The van der Waals surface area contributed by atoms with E-state index in [-0.39, 0.29) is 11.6 Å². The molecule has 0 spiro atoms. The predicted octanol–water partition coefficient (Wildman–Crippen LogP) is 4.53. The van der Waals surface area contributed by atoms with Gasteiger partial charge in [-0.2, -0.15) is 0 Å². The Hall–Kier alpha value is -3.71. The van der Waals surface area contributed by atoms with Gasteiger partial charge in [0.25, 0.3) is 11.6 Å². The van der Waals surface area contributed by atoms with Crippen LogP contribution in [0.5, 0.6) is 17.5 Å². The second kappa shape index (κ2) is 10.1. The zero-order valence-electron chi connectivity index (χ0n) is 17.4. The Kier molecular flexibility index (Phi) is 6.77. The van der Waals surface area contributed by atoms with Crippen molar-refractivity contribution in [2.24, 2.45) is 0 Å². The first-order chi connectivity index (χ1) is 15.6. The first-order valence-electron chi connectivity index (χ1n) is 10.0. The molecule has 0 saturated heterocycles. The standard InChI is InChI=1S/C24H21ClN4O3/c1-16-10-21(6-7-22(16)25)32-20-4-2-17(3-5-20)8-9-31-24-28-14-19(23(30)29-24)11-18-12-26-15-27-13-18/h2-7,10,12-15H,8-9,11H2,1H3,(H,28,29,30). The Morgan fingerprint density at radius 3 is 2.44 bits per heavy atom. The molecule has 0 aliphatic carbocycles. The van der Waals surface area contributed by atoms with Gasteiger partial charge in [0.2, 0.25) is 0 Å². The molecule has 0 aliphatic heterocycles. The van der Waals surface area contributed by atoms with Crippen LogP contribution in [0.1, 0.15) is 22.3 Å². The average molecular weight is 449 g/mol. The number of ether oxygens (including phenoxy) is 2. The molecule has 0 fully saturated rings. The summed E-state index contributed by atoms with van der Waals surface area (Å²) < 4.78 is 11.5. The van der Waals surface area contributed by atoms with Crippen molar-refractivity contribution in [2.45, 2.75) is 19.8 Å². The first kappa shape index (κ1) is 21.5. The number of aryl methyl sites for hydroxylation is 1. The number of nitrogens with zero attached hydrogens (tertiary/aromatic N) is 3. The molecule has 32 heavy (non-hydrogen) atoms. The SMILES string of the molecule is Cc1cc(Oc2ccc(CCOc3ncc(Cc4cncnc4)c(=O)[nH]3)cc2)ccc1Cl.